The van der Waals surface area contributed by atoms with Crippen molar-refractivity contribution in [1.29, 1.82) is 0 Å². The third-order valence-electron chi connectivity index (χ3n) is 4.43. The lowest BCUT2D eigenvalue weighted by Gasteiger charge is -2.14. The number of amides is 1. The number of rotatable bonds is 9. The number of ether oxygens (including phenoxy) is 1. The average Bonchev–Trinajstić information content (AvgIpc) is 3.31. The van der Waals surface area contributed by atoms with E-state index in [9.17, 15) is 18.0 Å². The van der Waals surface area contributed by atoms with Gasteiger partial charge in [0, 0.05) is 0 Å². The normalized spacial score (nSPS) is 12.2. The van der Waals surface area contributed by atoms with Gasteiger partial charge in [0.2, 0.25) is 10.0 Å². The second-order valence-electron chi connectivity index (χ2n) is 6.70. The highest BCUT2D eigenvalue weighted by Crippen LogP contribution is 2.13. The molecule has 3 rings (SSSR count). The van der Waals surface area contributed by atoms with Gasteiger partial charge in [-0.05, 0) is 48.9 Å². The van der Waals surface area contributed by atoms with Crippen molar-refractivity contribution >= 4 is 21.9 Å². The van der Waals surface area contributed by atoms with Crippen LogP contribution in [0.1, 0.15) is 34.6 Å². The van der Waals surface area contributed by atoms with Crippen molar-refractivity contribution in [2.75, 3.05) is 6.61 Å². The molecule has 1 atom stereocenters. The van der Waals surface area contributed by atoms with E-state index in [4.69, 9.17) is 9.15 Å². The SMILES string of the molecule is C[C@@H](NC(=O)COC(=O)c1ccc(S(=O)(=O)NCc2ccco2)cc1)c1ccccc1. The highest BCUT2D eigenvalue weighted by molar-refractivity contribution is 7.89. The van der Waals surface area contributed by atoms with Gasteiger partial charge in [-0.15, -0.1) is 0 Å². The molecule has 2 aromatic carbocycles. The standard InChI is InChI=1S/C22H22N2O6S/c1-16(17-6-3-2-4-7-17)24-21(25)15-30-22(26)18-9-11-20(12-10-18)31(27,28)23-14-19-8-5-13-29-19/h2-13,16,23H,14-15H2,1H3,(H,24,25)/t16-/m1/s1. The number of nitrogens with one attached hydrogen (secondary N) is 2. The summed E-state index contributed by atoms with van der Waals surface area (Å²) < 4.78 is 37.2. The number of hydrogen-bond donors (Lipinski definition) is 2. The zero-order valence-corrected chi connectivity index (χ0v) is 17.6. The van der Waals surface area contributed by atoms with Gasteiger partial charge in [0.25, 0.3) is 5.91 Å². The van der Waals surface area contributed by atoms with E-state index < -0.39 is 28.5 Å². The van der Waals surface area contributed by atoms with Crippen molar-refractivity contribution in [3.8, 4) is 0 Å². The Labute approximate surface area is 180 Å². The number of carbonyl (C=O) groups excluding carboxylic acids is 2. The van der Waals surface area contributed by atoms with Crippen LogP contribution in [0.4, 0.5) is 0 Å². The maximum atomic E-state index is 12.3. The maximum absolute atomic E-state index is 12.3. The quantitative estimate of drug-likeness (QED) is 0.493. The Kier molecular flexibility index (Phi) is 7.22. The van der Waals surface area contributed by atoms with Crippen molar-refractivity contribution in [1.82, 2.24) is 10.0 Å². The largest absolute Gasteiger partial charge is 0.468 e. The van der Waals surface area contributed by atoms with Crippen LogP contribution in [-0.4, -0.2) is 26.9 Å². The number of furan rings is 1. The van der Waals surface area contributed by atoms with Gasteiger partial charge < -0.3 is 14.5 Å². The minimum absolute atomic E-state index is 0.00923. The van der Waals surface area contributed by atoms with Gasteiger partial charge in [0.05, 0.1) is 29.3 Å². The lowest BCUT2D eigenvalue weighted by atomic mass is 10.1. The molecule has 1 aromatic heterocycles. The highest BCUT2D eigenvalue weighted by atomic mass is 32.2. The average molecular weight is 442 g/mol. The van der Waals surface area contributed by atoms with E-state index in [2.05, 4.69) is 10.0 Å². The van der Waals surface area contributed by atoms with E-state index >= 15 is 0 Å². The van der Waals surface area contributed by atoms with Crippen LogP contribution < -0.4 is 10.0 Å². The van der Waals surface area contributed by atoms with E-state index in [0.29, 0.717) is 5.76 Å². The molecule has 162 valence electrons. The zero-order chi connectivity index (χ0) is 22.3. The second kappa shape index (κ2) is 10.1. The molecule has 0 radical (unpaired) electrons. The monoisotopic (exact) mass is 442 g/mol. The Morgan fingerprint density at radius 1 is 1.00 bits per heavy atom. The topological polar surface area (TPSA) is 115 Å². The Balaban J connectivity index is 1.51. The van der Waals surface area contributed by atoms with Gasteiger partial charge in [0.1, 0.15) is 5.76 Å². The fraction of sp³-hybridized carbons (Fsp3) is 0.182. The molecule has 1 amide bonds. The first-order valence-electron chi connectivity index (χ1n) is 9.49. The van der Waals surface area contributed by atoms with Gasteiger partial charge >= 0.3 is 5.97 Å². The molecular weight excluding hydrogens is 420 g/mol. The summed E-state index contributed by atoms with van der Waals surface area (Å²) in [5, 5.41) is 2.75. The summed E-state index contributed by atoms with van der Waals surface area (Å²) in [4.78, 5) is 24.2. The fourth-order valence-electron chi connectivity index (χ4n) is 2.76. The van der Waals surface area contributed by atoms with Crippen LogP contribution in [0.5, 0.6) is 0 Å². The molecule has 31 heavy (non-hydrogen) atoms. The van der Waals surface area contributed by atoms with E-state index in [1.165, 1.54) is 30.5 Å². The Morgan fingerprint density at radius 2 is 1.71 bits per heavy atom. The minimum atomic E-state index is -3.77. The molecule has 0 fully saturated rings. The molecule has 0 aliphatic carbocycles. The zero-order valence-electron chi connectivity index (χ0n) is 16.8. The summed E-state index contributed by atoms with van der Waals surface area (Å²) in [5.41, 5.74) is 1.06. The van der Waals surface area contributed by atoms with E-state index in [0.717, 1.165) is 5.56 Å². The molecule has 0 aliphatic heterocycles. The van der Waals surface area contributed by atoms with Gasteiger partial charge in [-0.3, -0.25) is 4.79 Å². The van der Waals surface area contributed by atoms with Gasteiger partial charge in [-0.25, -0.2) is 17.9 Å². The van der Waals surface area contributed by atoms with Crippen LogP contribution in [-0.2, 0) is 26.1 Å². The highest BCUT2D eigenvalue weighted by Gasteiger charge is 2.17. The molecule has 0 aliphatic rings. The van der Waals surface area contributed by atoms with Crippen LogP contribution >= 0.6 is 0 Å². The molecule has 3 aromatic rings. The Bertz CT molecular complexity index is 1110. The Hall–Kier alpha value is -3.43. The summed E-state index contributed by atoms with van der Waals surface area (Å²) in [6, 6.07) is 17.7. The van der Waals surface area contributed by atoms with Crippen LogP contribution in [0.3, 0.4) is 0 Å². The predicted molar refractivity (Wildman–Crippen MR) is 112 cm³/mol. The lowest BCUT2D eigenvalue weighted by Crippen LogP contribution is -2.31. The summed E-state index contributed by atoms with van der Waals surface area (Å²) in [6.45, 7) is 1.39. The van der Waals surface area contributed by atoms with Gasteiger partial charge in [-0.2, -0.15) is 0 Å². The third kappa shape index (κ3) is 6.27. The molecular formula is C22H22N2O6S. The van der Waals surface area contributed by atoms with Crippen LogP contribution in [0.2, 0.25) is 0 Å². The lowest BCUT2D eigenvalue weighted by molar-refractivity contribution is -0.124. The van der Waals surface area contributed by atoms with Crippen molar-refractivity contribution in [2.45, 2.75) is 24.4 Å². The number of carbonyl (C=O) groups is 2. The molecule has 0 bridgehead atoms. The number of benzene rings is 2. The molecule has 0 spiro atoms. The third-order valence-corrected chi connectivity index (χ3v) is 5.85. The van der Waals surface area contributed by atoms with E-state index in [1.54, 1.807) is 12.1 Å². The molecule has 1 heterocycles. The fourth-order valence-corrected chi connectivity index (χ4v) is 3.75. The van der Waals surface area contributed by atoms with Gasteiger partial charge in [0.15, 0.2) is 6.61 Å². The van der Waals surface area contributed by atoms with Gasteiger partial charge in [-0.1, -0.05) is 30.3 Å². The van der Waals surface area contributed by atoms with Crippen molar-refractivity contribution in [3.63, 3.8) is 0 Å². The van der Waals surface area contributed by atoms with E-state index in [1.807, 2.05) is 37.3 Å². The first-order valence-corrected chi connectivity index (χ1v) is 11.0. The molecule has 9 heteroatoms. The molecule has 8 nitrogen and oxygen atoms in total. The van der Waals surface area contributed by atoms with Crippen molar-refractivity contribution in [3.05, 3.63) is 89.9 Å². The minimum Gasteiger partial charge on any atom is -0.468 e. The number of esters is 1. The van der Waals surface area contributed by atoms with Crippen LogP contribution in [0.25, 0.3) is 0 Å². The predicted octanol–water partition coefficient (Wildman–Crippen LogP) is 2.79. The van der Waals surface area contributed by atoms with Crippen molar-refractivity contribution < 1.29 is 27.2 Å². The van der Waals surface area contributed by atoms with Crippen LogP contribution in [0.15, 0.2) is 82.3 Å². The number of sulfonamides is 1. The number of hydrogen-bond acceptors (Lipinski definition) is 6. The maximum Gasteiger partial charge on any atom is 0.338 e. The smallest absolute Gasteiger partial charge is 0.338 e. The summed E-state index contributed by atoms with van der Waals surface area (Å²) >= 11 is 0. The first kappa shape index (κ1) is 22.3. The molecule has 2 N–H and O–H groups in total. The molecule has 0 saturated carbocycles. The summed E-state index contributed by atoms with van der Waals surface area (Å²) in [5.74, 6) is -0.690. The van der Waals surface area contributed by atoms with Crippen LogP contribution in [0, 0.1) is 0 Å². The molecule has 0 saturated heterocycles. The summed E-state index contributed by atoms with van der Waals surface area (Å²) in [6.07, 6.45) is 1.45. The Morgan fingerprint density at radius 3 is 2.35 bits per heavy atom. The summed E-state index contributed by atoms with van der Waals surface area (Å²) in [7, 11) is -3.77. The first-order chi connectivity index (χ1) is 14.8. The molecule has 0 unspecified atom stereocenters. The van der Waals surface area contributed by atoms with Crippen molar-refractivity contribution in [2.24, 2.45) is 0 Å². The second-order valence-corrected chi connectivity index (χ2v) is 8.47. The van der Waals surface area contributed by atoms with E-state index in [-0.39, 0.29) is 23.0 Å².